The Morgan fingerprint density at radius 3 is 3.27 bits per heavy atom. The van der Waals surface area contributed by atoms with Crippen molar-refractivity contribution < 1.29 is 4.74 Å². The zero-order valence-corrected chi connectivity index (χ0v) is 6.69. The second-order valence-electron chi connectivity index (χ2n) is 2.47. The molecule has 0 saturated heterocycles. The Hall–Kier alpha value is -0.730. The minimum absolute atomic E-state index is 0.592. The first kappa shape index (κ1) is 6.95. The normalized spacial score (nSPS) is 15.4. The van der Waals surface area contributed by atoms with E-state index in [1.807, 2.05) is 18.2 Å². The van der Waals surface area contributed by atoms with Crippen molar-refractivity contribution >= 4 is 11.6 Å². The van der Waals surface area contributed by atoms with Gasteiger partial charge in [-0.3, -0.25) is 5.32 Å². The molecule has 1 aromatic carbocycles. The summed E-state index contributed by atoms with van der Waals surface area (Å²) in [5, 5.41) is 3.85. The number of rotatable bonds is 0. The van der Waals surface area contributed by atoms with E-state index in [0.29, 0.717) is 6.73 Å². The van der Waals surface area contributed by atoms with Crippen LogP contribution in [-0.4, -0.2) is 6.73 Å². The van der Waals surface area contributed by atoms with E-state index in [4.69, 9.17) is 16.3 Å². The fourth-order valence-electron chi connectivity index (χ4n) is 1.14. The van der Waals surface area contributed by atoms with Gasteiger partial charge >= 0.3 is 0 Å². The van der Waals surface area contributed by atoms with Crippen LogP contribution in [0.15, 0.2) is 18.2 Å². The predicted octanol–water partition coefficient (Wildman–Crippen LogP) is 1.78. The zero-order chi connectivity index (χ0) is 7.68. The number of benzene rings is 1. The molecule has 2 nitrogen and oxygen atoms in total. The third-order valence-corrected chi connectivity index (χ3v) is 1.90. The molecular formula is C8H8ClNO. The fourth-order valence-corrected chi connectivity index (χ4v) is 1.34. The van der Waals surface area contributed by atoms with E-state index in [2.05, 4.69) is 5.32 Å². The Kier molecular flexibility index (Phi) is 1.72. The van der Waals surface area contributed by atoms with Gasteiger partial charge in [0.1, 0.15) is 12.5 Å². The number of halogens is 1. The molecule has 3 heteroatoms. The van der Waals surface area contributed by atoms with E-state index in [9.17, 15) is 0 Å². The third kappa shape index (κ3) is 1.32. The van der Waals surface area contributed by atoms with Gasteiger partial charge in [-0.1, -0.05) is 11.6 Å². The molecule has 2 rings (SSSR count). The van der Waals surface area contributed by atoms with Crippen LogP contribution >= 0.6 is 11.6 Å². The molecule has 0 atom stereocenters. The zero-order valence-electron chi connectivity index (χ0n) is 5.93. The molecule has 1 aliphatic rings. The summed E-state index contributed by atoms with van der Waals surface area (Å²) in [7, 11) is 0. The van der Waals surface area contributed by atoms with E-state index in [-0.39, 0.29) is 0 Å². The fraction of sp³-hybridized carbons (Fsp3) is 0.250. The molecule has 58 valence electrons. The lowest BCUT2D eigenvalue weighted by molar-refractivity contribution is 0.257. The van der Waals surface area contributed by atoms with Crippen molar-refractivity contribution in [2.75, 3.05) is 6.73 Å². The molecule has 0 spiro atoms. The van der Waals surface area contributed by atoms with Crippen LogP contribution in [0.25, 0.3) is 0 Å². The number of fused-ring (bicyclic) bond motifs is 1. The smallest absolute Gasteiger partial charge is 0.139 e. The lowest BCUT2D eigenvalue weighted by Crippen LogP contribution is -2.25. The first-order chi connectivity index (χ1) is 5.36. The third-order valence-electron chi connectivity index (χ3n) is 1.67. The lowest BCUT2D eigenvalue weighted by Gasteiger charge is -2.17. The quantitative estimate of drug-likeness (QED) is 0.639. The van der Waals surface area contributed by atoms with Crippen molar-refractivity contribution in [1.29, 1.82) is 0 Å². The summed E-state index contributed by atoms with van der Waals surface area (Å²) in [6.07, 6.45) is 0. The van der Waals surface area contributed by atoms with Gasteiger partial charge in [0.25, 0.3) is 0 Å². The minimum Gasteiger partial charge on any atom is -0.478 e. The van der Waals surface area contributed by atoms with Crippen LogP contribution in [-0.2, 0) is 6.54 Å². The monoisotopic (exact) mass is 169 g/mol. The highest BCUT2D eigenvalue weighted by atomic mass is 35.5. The molecule has 0 bridgehead atoms. The Morgan fingerprint density at radius 1 is 1.45 bits per heavy atom. The van der Waals surface area contributed by atoms with E-state index < -0.39 is 0 Å². The van der Waals surface area contributed by atoms with Crippen molar-refractivity contribution in [2.45, 2.75) is 6.54 Å². The topological polar surface area (TPSA) is 21.3 Å². The first-order valence-corrected chi connectivity index (χ1v) is 3.86. The van der Waals surface area contributed by atoms with Crippen LogP contribution in [0.3, 0.4) is 0 Å². The average molecular weight is 170 g/mol. The Morgan fingerprint density at radius 2 is 2.36 bits per heavy atom. The number of hydrogen-bond donors (Lipinski definition) is 1. The highest BCUT2D eigenvalue weighted by molar-refractivity contribution is 6.30. The molecule has 1 aliphatic heterocycles. The summed E-state index contributed by atoms with van der Waals surface area (Å²) in [6, 6.07) is 5.66. The van der Waals surface area contributed by atoms with E-state index >= 15 is 0 Å². The molecule has 0 amide bonds. The molecular weight excluding hydrogens is 162 g/mol. The van der Waals surface area contributed by atoms with Crippen molar-refractivity contribution in [2.24, 2.45) is 0 Å². The van der Waals surface area contributed by atoms with Crippen molar-refractivity contribution in [1.82, 2.24) is 5.32 Å². The summed E-state index contributed by atoms with van der Waals surface area (Å²) in [4.78, 5) is 0. The second-order valence-corrected chi connectivity index (χ2v) is 2.90. The summed E-state index contributed by atoms with van der Waals surface area (Å²) < 4.78 is 5.31. The predicted molar refractivity (Wildman–Crippen MR) is 43.8 cm³/mol. The van der Waals surface area contributed by atoms with Gasteiger partial charge in [-0.05, 0) is 18.2 Å². The second kappa shape index (κ2) is 2.72. The van der Waals surface area contributed by atoms with Gasteiger partial charge in [-0.25, -0.2) is 0 Å². The molecule has 1 aromatic rings. The van der Waals surface area contributed by atoms with Crippen LogP contribution in [0.2, 0.25) is 5.02 Å². The molecule has 0 radical (unpaired) electrons. The number of hydrogen-bond acceptors (Lipinski definition) is 2. The molecule has 0 unspecified atom stereocenters. The van der Waals surface area contributed by atoms with Gasteiger partial charge in [0.15, 0.2) is 0 Å². The van der Waals surface area contributed by atoms with Crippen LogP contribution in [0.1, 0.15) is 5.56 Å². The van der Waals surface area contributed by atoms with E-state index in [0.717, 1.165) is 22.9 Å². The van der Waals surface area contributed by atoms with Crippen molar-refractivity contribution in [3.63, 3.8) is 0 Å². The molecule has 0 aliphatic carbocycles. The van der Waals surface area contributed by atoms with Crippen LogP contribution in [0.4, 0.5) is 0 Å². The van der Waals surface area contributed by atoms with Gasteiger partial charge in [0, 0.05) is 17.1 Å². The molecule has 0 saturated carbocycles. The Bertz CT molecular complexity index is 275. The number of nitrogens with one attached hydrogen (secondary N) is 1. The van der Waals surface area contributed by atoms with E-state index in [1.165, 1.54) is 0 Å². The van der Waals surface area contributed by atoms with Crippen LogP contribution in [0.5, 0.6) is 5.75 Å². The molecule has 1 heterocycles. The Labute approximate surface area is 70.1 Å². The van der Waals surface area contributed by atoms with Gasteiger partial charge in [0.05, 0.1) is 0 Å². The van der Waals surface area contributed by atoms with E-state index in [1.54, 1.807) is 0 Å². The van der Waals surface area contributed by atoms with Gasteiger partial charge in [-0.15, -0.1) is 0 Å². The molecule has 1 N–H and O–H groups in total. The maximum Gasteiger partial charge on any atom is 0.139 e. The molecule has 11 heavy (non-hydrogen) atoms. The molecule has 0 aromatic heterocycles. The van der Waals surface area contributed by atoms with Crippen LogP contribution < -0.4 is 10.1 Å². The summed E-state index contributed by atoms with van der Waals surface area (Å²) in [5.74, 6) is 0.938. The maximum atomic E-state index is 5.79. The van der Waals surface area contributed by atoms with Gasteiger partial charge in [0.2, 0.25) is 0 Å². The standard InChI is InChI=1S/C8H8ClNO/c9-7-1-2-8-6(3-7)4-10-5-11-8/h1-3,10H,4-5H2. The lowest BCUT2D eigenvalue weighted by atomic mass is 10.2. The highest BCUT2D eigenvalue weighted by Crippen LogP contribution is 2.24. The average Bonchev–Trinajstić information content (AvgIpc) is 2.04. The number of ether oxygens (including phenoxy) is 1. The van der Waals surface area contributed by atoms with Gasteiger partial charge < -0.3 is 4.74 Å². The Balaban J connectivity index is 2.43. The first-order valence-electron chi connectivity index (χ1n) is 3.48. The van der Waals surface area contributed by atoms with Crippen molar-refractivity contribution in [3.8, 4) is 5.75 Å². The SMILES string of the molecule is Clc1ccc2c(c1)CNCO2. The molecule has 0 fully saturated rings. The van der Waals surface area contributed by atoms with Crippen molar-refractivity contribution in [3.05, 3.63) is 28.8 Å². The maximum absolute atomic E-state index is 5.79. The minimum atomic E-state index is 0.592. The summed E-state index contributed by atoms with van der Waals surface area (Å²) in [5.41, 5.74) is 1.13. The van der Waals surface area contributed by atoms with Crippen LogP contribution in [0, 0.1) is 0 Å². The largest absolute Gasteiger partial charge is 0.478 e. The summed E-state index contributed by atoms with van der Waals surface area (Å²) in [6.45, 7) is 1.44. The van der Waals surface area contributed by atoms with Gasteiger partial charge in [-0.2, -0.15) is 0 Å². The summed E-state index contributed by atoms with van der Waals surface area (Å²) >= 11 is 5.79. The highest BCUT2D eigenvalue weighted by Gasteiger charge is 2.08.